The number of hydrogen-bond donors (Lipinski definition) is 0. The second-order valence-electron chi connectivity index (χ2n) is 26.8. The van der Waals surface area contributed by atoms with Gasteiger partial charge in [0.15, 0.2) is 5.82 Å². The molecule has 6 heteroatoms. The van der Waals surface area contributed by atoms with Gasteiger partial charge in [-0.05, 0) is 166 Å². The third kappa shape index (κ3) is 10.3. The highest BCUT2D eigenvalue weighted by molar-refractivity contribution is 6.30. The Hall–Kier alpha value is -13.9. The van der Waals surface area contributed by atoms with Crippen molar-refractivity contribution in [2.24, 2.45) is 0 Å². The van der Waals surface area contributed by atoms with Gasteiger partial charge >= 0.3 is 0 Å². The highest BCUT2D eigenvalue weighted by atomic mass is 15.2. The maximum atomic E-state index is 5.44. The Bertz CT molecular complexity index is 6680. The molecular formula is C98H62N6. The fraction of sp³-hybridized carbons (Fsp3) is 0. The van der Waals surface area contributed by atoms with E-state index >= 15 is 0 Å². The molecule has 0 saturated heterocycles. The Morgan fingerprint density at radius 3 is 0.894 bits per heavy atom. The van der Waals surface area contributed by atoms with Gasteiger partial charge in [-0.1, -0.05) is 297 Å². The van der Waals surface area contributed by atoms with Crippen LogP contribution in [0.5, 0.6) is 0 Å². The molecule has 4 heterocycles. The first-order valence-corrected chi connectivity index (χ1v) is 35.4. The van der Waals surface area contributed by atoms with Crippen LogP contribution in [0, 0.1) is 0 Å². The molecule has 0 atom stereocenters. The zero-order valence-corrected chi connectivity index (χ0v) is 56.5. The highest BCUT2D eigenvalue weighted by Crippen LogP contribution is 2.44. The van der Waals surface area contributed by atoms with E-state index < -0.39 is 0 Å². The zero-order chi connectivity index (χ0) is 68.6. The Balaban J connectivity index is 0.000000139. The molecule has 0 aliphatic rings. The molecule has 0 aliphatic carbocycles. The Labute approximate surface area is 600 Å². The number of para-hydroxylation sites is 2. The van der Waals surface area contributed by atoms with Crippen molar-refractivity contribution >= 4 is 109 Å². The molecule has 0 unspecified atom stereocenters. The maximum Gasteiger partial charge on any atom is 0.235 e. The fourth-order valence-corrected chi connectivity index (χ4v) is 15.8. The van der Waals surface area contributed by atoms with E-state index in [-0.39, 0.29) is 0 Å². The summed E-state index contributed by atoms with van der Waals surface area (Å²) in [6, 6.07) is 134. The molecule has 0 aliphatic heterocycles. The first-order chi connectivity index (χ1) is 51.6. The van der Waals surface area contributed by atoms with Crippen LogP contribution in [-0.4, -0.2) is 29.1 Å². The summed E-state index contributed by atoms with van der Waals surface area (Å²) in [4.78, 5) is 20.9. The minimum absolute atomic E-state index is 0.659. The molecule has 0 N–H and O–H groups in total. The molecular weight excluding hydrogens is 1260 g/mol. The van der Waals surface area contributed by atoms with Crippen molar-refractivity contribution in [2.45, 2.75) is 0 Å². The molecule has 0 amide bonds. The molecule has 484 valence electrons. The number of rotatable bonds is 9. The van der Waals surface area contributed by atoms with Gasteiger partial charge < -0.3 is 4.57 Å². The van der Waals surface area contributed by atoms with Crippen molar-refractivity contribution in [3.63, 3.8) is 0 Å². The molecule has 21 aromatic rings. The average Bonchev–Trinajstić information content (AvgIpc) is 1.56. The van der Waals surface area contributed by atoms with Gasteiger partial charge in [-0.2, -0.15) is 0 Å². The van der Waals surface area contributed by atoms with Crippen LogP contribution in [0.3, 0.4) is 0 Å². The van der Waals surface area contributed by atoms with E-state index in [1.54, 1.807) is 0 Å². The predicted octanol–water partition coefficient (Wildman–Crippen LogP) is 25.7. The van der Waals surface area contributed by atoms with Crippen molar-refractivity contribution in [3.05, 3.63) is 376 Å². The standard InChI is InChI=1S/C52H33N3.C46H29N3/c1-3-13-34(14-4-1)40-31-41(35-15-5-2-6-16-35)33-42(32-40)36-23-25-39(26-24-36)51-45-21-11-12-22-46(45)53-52(54-51)55-47-29-27-37-17-7-9-19-43(37)49(47)50-44-20-10-8-18-38(44)28-30-48(50)55;1-2-10-30(11-3-1)31-18-20-34(21-19-31)45-39-16-8-9-17-40(39)47-46(48-45)35-22-26-36(27-23-35)49-41-28-24-32-12-4-6-14-37(32)43(41)44-38-15-7-5-13-33(38)25-29-42(44)49/h1-33H;1-29H. The van der Waals surface area contributed by atoms with E-state index in [1.165, 1.54) is 115 Å². The molecule has 0 radical (unpaired) electrons. The van der Waals surface area contributed by atoms with Crippen LogP contribution in [0.1, 0.15) is 0 Å². The lowest BCUT2D eigenvalue weighted by molar-refractivity contribution is 1.01. The number of hydrogen-bond acceptors (Lipinski definition) is 4. The van der Waals surface area contributed by atoms with Gasteiger partial charge in [0.05, 0.1) is 44.5 Å². The van der Waals surface area contributed by atoms with Crippen LogP contribution in [0.25, 0.3) is 199 Å². The summed E-state index contributed by atoms with van der Waals surface area (Å²) in [5.41, 5.74) is 21.9. The van der Waals surface area contributed by atoms with Gasteiger partial charge in [-0.25, -0.2) is 19.9 Å². The zero-order valence-electron chi connectivity index (χ0n) is 56.5. The number of benzene rings is 17. The van der Waals surface area contributed by atoms with Crippen molar-refractivity contribution in [1.29, 1.82) is 0 Å². The lowest BCUT2D eigenvalue weighted by Crippen LogP contribution is -2.03. The van der Waals surface area contributed by atoms with Gasteiger partial charge in [0.2, 0.25) is 5.95 Å². The SMILES string of the molecule is c1ccc(-c2cc(-c3ccccc3)cc(-c3ccc(-c4nc(-n5c6ccc7ccccc7c6c6c7ccccc7ccc65)nc5ccccc45)cc3)c2)cc1.c1ccc(-c2ccc(-c3nc(-c4ccc(-n5c6ccc7ccccc7c6c6c7ccccc7ccc65)cc4)nc4ccccc34)cc2)cc1. The van der Waals surface area contributed by atoms with Crippen molar-refractivity contribution in [3.8, 4) is 90.0 Å². The van der Waals surface area contributed by atoms with E-state index in [1.807, 2.05) is 12.1 Å². The molecule has 104 heavy (non-hydrogen) atoms. The van der Waals surface area contributed by atoms with Crippen LogP contribution in [0.15, 0.2) is 376 Å². The van der Waals surface area contributed by atoms with E-state index in [0.717, 1.165) is 72.2 Å². The molecule has 0 fully saturated rings. The summed E-state index contributed by atoms with van der Waals surface area (Å²) in [5, 5.41) is 17.0. The number of nitrogens with zero attached hydrogens (tertiary/aromatic N) is 6. The van der Waals surface area contributed by atoms with Crippen LogP contribution < -0.4 is 0 Å². The van der Waals surface area contributed by atoms with Crippen LogP contribution in [0.2, 0.25) is 0 Å². The van der Waals surface area contributed by atoms with Gasteiger partial charge in [0.1, 0.15) is 0 Å². The van der Waals surface area contributed by atoms with Gasteiger partial charge in [-0.15, -0.1) is 0 Å². The number of fused-ring (bicyclic) bond motifs is 16. The Morgan fingerprint density at radius 2 is 0.481 bits per heavy atom. The first-order valence-electron chi connectivity index (χ1n) is 35.4. The van der Waals surface area contributed by atoms with Gasteiger partial charge in [0.25, 0.3) is 0 Å². The first kappa shape index (κ1) is 60.1. The van der Waals surface area contributed by atoms with E-state index in [4.69, 9.17) is 19.9 Å². The van der Waals surface area contributed by atoms with E-state index in [0.29, 0.717) is 11.8 Å². The lowest BCUT2D eigenvalue weighted by Gasteiger charge is -2.13. The Kier molecular flexibility index (Phi) is 14.5. The smallest absolute Gasteiger partial charge is 0.235 e. The van der Waals surface area contributed by atoms with Crippen molar-refractivity contribution < 1.29 is 0 Å². The monoisotopic (exact) mass is 1320 g/mol. The van der Waals surface area contributed by atoms with Crippen LogP contribution >= 0.6 is 0 Å². The van der Waals surface area contributed by atoms with E-state index in [9.17, 15) is 0 Å². The van der Waals surface area contributed by atoms with E-state index in [2.05, 4.69) is 373 Å². The normalized spacial score (nSPS) is 11.7. The average molecular weight is 1320 g/mol. The fourth-order valence-electron chi connectivity index (χ4n) is 15.8. The summed E-state index contributed by atoms with van der Waals surface area (Å²) in [5.74, 6) is 1.37. The molecule has 4 aromatic heterocycles. The Morgan fingerprint density at radius 1 is 0.183 bits per heavy atom. The van der Waals surface area contributed by atoms with Crippen LogP contribution in [0.4, 0.5) is 0 Å². The largest absolute Gasteiger partial charge is 0.309 e. The maximum absolute atomic E-state index is 5.44. The number of aromatic nitrogens is 6. The molecule has 17 aromatic carbocycles. The summed E-state index contributed by atoms with van der Waals surface area (Å²) in [7, 11) is 0. The second kappa shape index (κ2) is 25.0. The third-order valence-electron chi connectivity index (χ3n) is 20.8. The van der Waals surface area contributed by atoms with Crippen molar-refractivity contribution in [1.82, 2.24) is 29.1 Å². The summed E-state index contributed by atoms with van der Waals surface area (Å²) in [6.45, 7) is 0. The topological polar surface area (TPSA) is 61.4 Å². The summed E-state index contributed by atoms with van der Waals surface area (Å²) < 4.78 is 4.66. The second-order valence-corrected chi connectivity index (χ2v) is 26.8. The quantitative estimate of drug-likeness (QED) is 0.144. The van der Waals surface area contributed by atoms with Crippen molar-refractivity contribution in [2.75, 3.05) is 0 Å². The molecule has 6 nitrogen and oxygen atoms in total. The van der Waals surface area contributed by atoms with Gasteiger partial charge in [-0.3, -0.25) is 4.57 Å². The molecule has 21 rings (SSSR count). The minimum atomic E-state index is 0.659. The summed E-state index contributed by atoms with van der Waals surface area (Å²) >= 11 is 0. The van der Waals surface area contributed by atoms with Crippen LogP contribution in [-0.2, 0) is 0 Å². The minimum Gasteiger partial charge on any atom is -0.309 e. The summed E-state index contributed by atoms with van der Waals surface area (Å²) in [6.07, 6.45) is 0. The third-order valence-corrected chi connectivity index (χ3v) is 20.8. The molecule has 0 saturated carbocycles. The van der Waals surface area contributed by atoms with Gasteiger partial charge in [0, 0.05) is 54.7 Å². The predicted molar refractivity (Wildman–Crippen MR) is 436 cm³/mol. The molecule has 0 spiro atoms. The molecule has 0 bridgehead atoms. The lowest BCUT2D eigenvalue weighted by atomic mass is 9.93. The highest BCUT2D eigenvalue weighted by Gasteiger charge is 2.23.